The average molecular weight is 299 g/mol. The Bertz CT molecular complexity index is 238. The van der Waals surface area contributed by atoms with Gasteiger partial charge in [-0.25, -0.2) is 4.79 Å². The highest BCUT2D eigenvalue weighted by atomic mass is 16.5. The van der Waals surface area contributed by atoms with Crippen LogP contribution in [-0.4, -0.2) is 31.2 Å². The third-order valence-corrected chi connectivity index (χ3v) is 4.48. The smallest absolute Gasteiger partial charge is 0.409 e. The Balaban J connectivity index is 4.57. The Morgan fingerprint density at radius 1 is 0.905 bits per heavy atom. The number of hydrogen-bond acceptors (Lipinski definition) is 2. The normalized spacial score (nSPS) is 13.8. The lowest BCUT2D eigenvalue weighted by Crippen LogP contribution is -2.38. The average Bonchev–Trinajstić information content (AvgIpc) is 2.52. The lowest BCUT2D eigenvalue weighted by Gasteiger charge is -2.29. The molecule has 0 heterocycles. The van der Waals surface area contributed by atoms with Crippen LogP contribution in [0.4, 0.5) is 4.79 Å². The minimum absolute atomic E-state index is 0.153. The highest BCUT2D eigenvalue weighted by Gasteiger charge is 2.21. The van der Waals surface area contributed by atoms with Crippen molar-refractivity contribution in [1.82, 2.24) is 4.90 Å². The predicted octanol–water partition coefficient (Wildman–Crippen LogP) is 5.49. The topological polar surface area (TPSA) is 29.5 Å². The number of rotatable bonds is 12. The van der Waals surface area contributed by atoms with Crippen LogP contribution in [0.15, 0.2) is 0 Å². The van der Waals surface area contributed by atoms with Crippen molar-refractivity contribution < 1.29 is 9.53 Å². The van der Waals surface area contributed by atoms with Crippen molar-refractivity contribution >= 4 is 6.09 Å². The van der Waals surface area contributed by atoms with Gasteiger partial charge in [0.05, 0.1) is 7.11 Å². The standard InChI is InChI=1S/C18H37NO2/c1-6-10-12-16(8-3)14-19(18(20)21-5)15-17(9-4)13-11-7-2/h16-17H,6-15H2,1-5H3. The summed E-state index contributed by atoms with van der Waals surface area (Å²) in [7, 11) is 1.50. The Labute approximate surface area is 132 Å². The van der Waals surface area contributed by atoms with E-state index in [0.29, 0.717) is 11.8 Å². The summed E-state index contributed by atoms with van der Waals surface area (Å²) < 4.78 is 5.00. The summed E-state index contributed by atoms with van der Waals surface area (Å²) in [6, 6.07) is 0. The van der Waals surface area contributed by atoms with Gasteiger partial charge < -0.3 is 9.64 Å². The molecule has 0 aromatic carbocycles. The quantitative estimate of drug-likeness (QED) is 0.477. The minimum atomic E-state index is -0.153. The molecule has 0 radical (unpaired) electrons. The molecule has 0 saturated heterocycles. The van der Waals surface area contributed by atoms with Gasteiger partial charge in [0.2, 0.25) is 0 Å². The fourth-order valence-corrected chi connectivity index (χ4v) is 2.81. The molecule has 3 heteroatoms. The molecule has 0 rings (SSSR count). The fraction of sp³-hybridized carbons (Fsp3) is 0.944. The maximum atomic E-state index is 12.1. The highest BCUT2D eigenvalue weighted by Crippen LogP contribution is 2.19. The van der Waals surface area contributed by atoms with E-state index < -0.39 is 0 Å². The van der Waals surface area contributed by atoms with Gasteiger partial charge in [-0.15, -0.1) is 0 Å². The summed E-state index contributed by atoms with van der Waals surface area (Å²) in [6.45, 7) is 10.6. The van der Waals surface area contributed by atoms with E-state index in [0.717, 1.165) is 25.9 Å². The lowest BCUT2D eigenvalue weighted by molar-refractivity contribution is 0.105. The van der Waals surface area contributed by atoms with Crippen LogP contribution in [0.5, 0.6) is 0 Å². The zero-order valence-corrected chi connectivity index (χ0v) is 15.0. The van der Waals surface area contributed by atoms with Gasteiger partial charge >= 0.3 is 6.09 Å². The maximum Gasteiger partial charge on any atom is 0.409 e. The molecule has 0 aromatic heterocycles. The van der Waals surface area contributed by atoms with Crippen molar-refractivity contribution in [3.05, 3.63) is 0 Å². The van der Waals surface area contributed by atoms with E-state index in [4.69, 9.17) is 4.74 Å². The third-order valence-electron chi connectivity index (χ3n) is 4.48. The van der Waals surface area contributed by atoms with Gasteiger partial charge in [0.25, 0.3) is 0 Å². The molecule has 3 nitrogen and oxygen atoms in total. The van der Waals surface area contributed by atoms with Crippen molar-refractivity contribution in [2.24, 2.45) is 11.8 Å². The van der Waals surface area contributed by atoms with Crippen LogP contribution >= 0.6 is 0 Å². The molecule has 2 unspecified atom stereocenters. The maximum absolute atomic E-state index is 12.1. The molecule has 0 N–H and O–H groups in total. The van der Waals surface area contributed by atoms with Crippen LogP contribution in [-0.2, 0) is 4.74 Å². The van der Waals surface area contributed by atoms with E-state index in [1.807, 2.05) is 4.90 Å². The zero-order chi connectivity index (χ0) is 16.1. The summed E-state index contributed by atoms with van der Waals surface area (Å²) in [4.78, 5) is 14.0. The molecule has 0 aliphatic heterocycles. The van der Waals surface area contributed by atoms with Crippen molar-refractivity contribution in [2.45, 2.75) is 79.1 Å². The van der Waals surface area contributed by atoms with Crippen molar-refractivity contribution in [3.63, 3.8) is 0 Å². The van der Waals surface area contributed by atoms with Gasteiger partial charge in [-0.2, -0.15) is 0 Å². The van der Waals surface area contributed by atoms with Crippen LogP contribution in [0.1, 0.15) is 79.1 Å². The number of carbonyl (C=O) groups excluding carboxylic acids is 1. The molecule has 126 valence electrons. The van der Waals surface area contributed by atoms with Crippen molar-refractivity contribution in [3.8, 4) is 0 Å². The number of unbranched alkanes of at least 4 members (excludes halogenated alkanes) is 2. The van der Waals surface area contributed by atoms with Crippen molar-refractivity contribution in [1.29, 1.82) is 0 Å². The number of carbonyl (C=O) groups is 1. The van der Waals surface area contributed by atoms with E-state index in [-0.39, 0.29) is 6.09 Å². The molecule has 0 saturated carbocycles. The van der Waals surface area contributed by atoms with Crippen LogP contribution < -0.4 is 0 Å². The minimum Gasteiger partial charge on any atom is -0.453 e. The first kappa shape index (κ1) is 20.3. The Kier molecular flexibility index (Phi) is 12.5. The van der Waals surface area contributed by atoms with Crippen LogP contribution in [0, 0.1) is 11.8 Å². The second-order valence-corrected chi connectivity index (χ2v) is 6.21. The first-order chi connectivity index (χ1) is 10.1. The molecule has 21 heavy (non-hydrogen) atoms. The summed E-state index contributed by atoms with van der Waals surface area (Å²) in [5.41, 5.74) is 0. The van der Waals surface area contributed by atoms with Gasteiger partial charge in [0.1, 0.15) is 0 Å². The number of amides is 1. The number of methoxy groups -OCH3 is 1. The van der Waals surface area contributed by atoms with Crippen LogP contribution in [0.3, 0.4) is 0 Å². The van der Waals surface area contributed by atoms with Gasteiger partial charge in [-0.3, -0.25) is 0 Å². The predicted molar refractivity (Wildman–Crippen MR) is 90.6 cm³/mol. The number of hydrogen-bond donors (Lipinski definition) is 0. The van der Waals surface area contributed by atoms with Gasteiger partial charge in [0.15, 0.2) is 0 Å². The molecule has 0 aromatic rings. The fourth-order valence-electron chi connectivity index (χ4n) is 2.81. The Morgan fingerprint density at radius 3 is 1.62 bits per heavy atom. The molecule has 0 spiro atoms. The summed E-state index contributed by atoms with van der Waals surface area (Å²) in [5, 5.41) is 0. The molecule has 0 fully saturated rings. The largest absolute Gasteiger partial charge is 0.453 e. The van der Waals surface area contributed by atoms with Gasteiger partial charge in [-0.1, -0.05) is 66.2 Å². The van der Waals surface area contributed by atoms with Gasteiger partial charge in [0, 0.05) is 13.1 Å². The third kappa shape index (κ3) is 9.00. The second-order valence-electron chi connectivity index (χ2n) is 6.21. The first-order valence-corrected chi connectivity index (χ1v) is 8.95. The van der Waals surface area contributed by atoms with E-state index in [1.165, 1.54) is 45.6 Å². The lowest BCUT2D eigenvalue weighted by atomic mass is 9.96. The van der Waals surface area contributed by atoms with E-state index >= 15 is 0 Å². The Hall–Kier alpha value is -0.730. The van der Waals surface area contributed by atoms with Crippen LogP contribution in [0.25, 0.3) is 0 Å². The second kappa shape index (κ2) is 13.0. The number of nitrogens with zero attached hydrogens (tertiary/aromatic N) is 1. The molecule has 0 aliphatic carbocycles. The monoisotopic (exact) mass is 299 g/mol. The van der Waals surface area contributed by atoms with E-state index in [2.05, 4.69) is 27.7 Å². The SMILES string of the molecule is CCCCC(CC)CN(CC(CC)CCCC)C(=O)OC. The molecule has 0 aliphatic rings. The van der Waals surface area contributed by atoms with Gasteiger partial charge in [-0.05, 0) is 24.7 Å². The molecule has 0 bridgehead atoms. The van der Waals surface area contributed by atoms with Crippen LogP contribution in [0.2, 0.25) is 0 Å². The zero-order valence-electron chi connectivity index (χ0n) is 15.0. The first-order valence-electron chi connectivity index (χ1n) is 8.95. The number of ether oxygens (including phenoxy) is 1. The van der Waals surface area contributed by atoms with E-state index in [1.54, 1.807) is 0 Å². The van der Waals surface area contributed by atoms with E-state index in [9.17, 15) is 4.79 Å². The summed E-state index contributed by atoms with van der Waals surface area (Å²) >= 11 is 0. The molecule has 1 amide bonds. The molecule has 2 atom stereocenters. The Morgan fingerprint density at radius 2 is 1.33 bits per heavy atom. The summed E-state index contributed by atoms with van der Waals surface area (Å²) in [6.07, 6.45) is 9.50. The summed E-state index contributed by atoms with van der Waals surface area (Å²) in [5.74, 6) is 1.21. The molecular weight excluding hydrogens is 262 g/mol. The van der Waals surface area contributed by atoms with Crippen molar-refractivity contribution in [2.75, 3.05) is 20.2 Å². The highest BCUT2D eigenvalue weighted by molar-refractivity contribution is 5.67. The molecular formula is C18H37NO2.